The molecule has 2 rings (SSSR count). The van der Waals surface area contributed by atoms with E-state index in [-0.39, 0.29) is 31.5 Å². The van der Waals surface area contributed by atoms with Crippen LogP contribution in [0.2, 0.25) is 0 Å². The lowest BCUT2D eigenvalue weighted by atomic mass is 10.0. The maximum Gasteiger partial charge on any atom is 0.249 e. The van der Waals surface area contributed by atoms with Gasteiger partial charge >= 0.3 is 0 Å². The van der Waals surface area contributed by atoms with E-state index in [4.69, 9.17) is 9.47 Å². The summed E-state index contributed by atoms with van der Waals surface area (Å²) in [5, 5.41) is 2.91. The van der Waals surface area contributed by atoms with Gasteiger partial charge in [-0.1, -0.05) is 12.1 Å². The van der Waals surface area contributed by atoms with Crippen molar-refractivity contribution in [2.45, 2.75) is 19.4 Å². The van der Waals surface area contributed by atoms with Crippen molar-refractivity contribution in [1.29, 1.82) is 0 Å². The van der Waals surface area contributed by atoms with Crippen LogP contribution in [0.1, 0.15) is 13.8 Å². The van der Waals surface area contributed by atoms with Crippen molar-refractivity contribution in [1.82, 2.24) is 10.2 Å². The lowest BCUT2D eigenvalue weighted by molar-refractivity contribution is -0.152. The first-order chi connectivity index (χ1) is 9.95. The maximum absolute atomic E-state index is 12.2. The average molecular weight is 292 g/mol. The predicted octanol–water partition coefficient (Wildman–Crippen LogP) is 0.811. The molecule has 0 saturated carbocycles. The zero-order valence-electron chi connectivity index (χ0n) is 12.5. The van der Waals surface area contributed by atoms with E-state index < -0.39 is 5.54 Å². The zero-order chi connectivity index (χ0) is 15.5. The number of hydrogen-bond acceptors (Lipinski definition) is 5. The Bertz CT molecular complexity index is 542. The van der Waals surface area contributed by atoms with Crippen molar-refractivity contribution in [3.63, 3.8) is 0 Å². The number of nitrogens with one attached hydrogen (secondary N) is 1. The molecule has 1 aromatic carbocycles. The third-order valence-electron chi connectivity index (χ3n) is 3.40. The highest BCUT2D eigenvalue weighted by molar-refractivity contribution is 6.03. The van der Waals surface area contributed by atoms with E-state index in [2.05, 4.69) is 5.32 Å². The number of benzene rings is 1. The van der Waals surface area contributed by atoms with Crippen molar-refractivity contribution in [2.75, 3.05) is 26.8 Å². The Balaban J connectivity index is 1.96. The second kappa shape index (κ2) is 6.13. The monoisotopic (exact) mass is 292 g/mol. The fraction of sp³-hybridized carbons (Fsp3) is 0.467. The minimum atomic E-state index is -0.724. The first kappa shape index (κ1) is 15.3. The van der Waals surface area contributed by atoms with Crippen LogP contribution >= 0.6 is 0 Å². The van der Waals surface area contributed by atoms with Crippen LogP contribution in [-0.2, 0) is 9.59 Å². The lowest BCUT2D eigenvalue weighted by Gasteiger charge is -2.36. The summed E-state index contributed by atoms with van der Waals surface area (Å²) in [6, 6.07) is 7.25. The van der Waals surface area contributed by atoms with Gasteiger partial charge in [-0.3, -0.25) is 19.8 Å². The number of hydrogen-bond donors (Lipinski definition) is 1. The van der Waals surface area contributed by atoms with Crippen LogP contribution < -0.4 is 14.8 Å². The van der Waals surface area contributed by atoms with Gasteiger partial charge in [0.1, 0.15) is 6.61 Å². The molecule has 6 heteroatoms. The molecule has 6 nitrogen and oxygen atoms in total. The van der Waals surface area contributed by atoms with Crippen molar-refractivity contribution in [3.05, 3.63) is 24.3 Å². The van der Waals surface area contributed by atoms with E-state index in [1.54, 1.807) is 33.1 Å². The number of para-hydroxylation sites is 2. The lowest BCUT2D eigenvalue weighted by Crippen LogP contribution is -2.64. The van der Waals surface area contributed by atoms with Crippen molar-refractivity contribution >= 4 is 11.8 Å². The first-order valence-electron chi connectivity index (χ1n) is 6.81. The topological polar surface area (TPSA) is 67.9 Å². The number of amides is 2. The number of carbonyl (C=O) groups is 2. The molecule has 0 spiro atoms. The molecule has 0 atom stereocenters. The summed E-state index contributed by atoms with van der Waals surface area (Å²) in [7, 11) is 1.56. The normalized spacial score (nSPS) is 17.8. The van der Waals surface area contributed by atoms with Gasteiger partial charge in [0.25, 0.3) is 0 Å². The molecule has 1 heterocycles. The van der Waals surface area contributed by atoms with Gasteiger partial charge in [0.15, 0.2) is 11.5 Å². The fourth-order valence-corrected chi connectivity index (χ4v) is 2.13. The summed E-state index contributed by atoms with van der Waals surface area (Å²) in [6.45, 7) is 4.13. The molecule has 2 amide bonds. The SMILES string of the molecule is COc1ccccc1OCCN1C(=O)CNC(C)(C)C1=O. The molecule has 1 saturated heterocycles. The summed E-state index contributed by atoms with van der Waals surface area (Å²) in [4.78, 5) is 25.2. The van der Waals surface area contributed by atoms with Gasteiger partial charge in [-0.05, 0) is 26.0 Å². The Morgan fingerprint density at radius 3 is 2.57 bits per heavy atom. The van der Waals surface area contributed by atoms with Crippen LogP contribution in [0.25, 0.3) is 0 Å². The number of ether oxygens (including phenoxy) is 2. The smallest absolute Gasteiger partial charge is 0.249 e. The average Bonchev–Trinajstić information content (AvgIpc) is 2.48. The van der Waals surface area contributed by atoms with Gasteiger partial charge in [-0.15, -0.1) is 0 Å². The van der Waals surface area contributed by atoms with Crippen LogP contribution in [0.4, 0.5) is 0 Å². The zero-order valence-corrected chi connectivity index (χ0v) is 12.5. The van der Waals surface area contributed by atoms with E-state index in [1.807, 2.05) is 12.1 Å². The highest BCUT2D eigenvalue weighted by Crippen LogP contribution is 2.25. The molecule has 0 bridgehead atoms. The predicted molar refractivity (Wildman–Crippen MR) is 77.3 cm³/mol. The number of nitrogens with zero attached hydrogens (tertiary/aromatic N) is 1. The third kappa shape index (κ3) is 3.33. The molecule has 1 aliphatic rings. The van der Waals surface area contributed by atoms with Crippen LogP contribution in [-0.4, -0.2) is 49.1 Å². The van der Waals surface area contributed by atoms with Crippen LogP contribution in [0.5, 0.6) is 11.5 Å². The minimum Gasteiger partial charge on any atom is -0.493 e. The van der Waals surface area contributed by atoms with E-state index in [0.717, 1.165) is 0 Å². The van der Waals surface area contributed by atoms with Crippen LogP contribution in [0.3, 0.4) is 0 Å². The molecule has 1 aliphatic heterocycles. The number of rotatable bonds is 5. The maximum atomic E-state index is 12.2. The van der Waals surface area contributed by atoms with E-state index in [0.29, 0.717) is 11.5 Å². The molecule has 0 aliphatic carbocycles. The molecule has 0 unspecified atom stereocenters. The Morgan fingerprint density at radius 1 is 1.24 bits per heavy atom. The molecular formula is C15H20N2O4. The van der Waals surface area contributed by atoms with Crippen molar-refractivity contribution in [3.8, 4) is 11.5 Å². The van der Waals surface area contributed by atoms with Crippen molar-refractivity contribution < 1.29 is 19.1 Å². The number of imide groups is 1. The highest BCUT2D eigenvalue weighted by Gasteiger charge is 2.39. The molecule has 0 aromatic heterocycles. The van der Waals surface area contributed by atoms with E-state index in [9.17, 15) is 9.59 Å². The largest absolute Gasteiger partial charge is 0.493 e. The summed E-state index contributed by atoms with van der Waals surface area (Å²) < 4.78 is 10.8. The Hall–Kier alpha value is -2.08. The number of methoxy groups -OCH3 is 1. The van der Waals surface area contributed by atoms with Crippen LogP contribution in [0.15, 0.2) is 24.3 Å². The summed E-state index contributed by atoms with van der Waals surface area (Å²) in [5.41, 5.74) is -0.724. The van der Waals surface area contributed by atoms with Gasteiger partial charge in [0.05, 0.1) is 25.7 Å². The second-order valence-electron chi connectivity index (χ2n) is 5.33. The van der Waals surface area contributed by atoms with E-state index in [1.165, 1.54) is 4.90 Å². The third-order valence-corrected chi connectivity index (χ3v) is 3.40. The standard InChI is InChI=1S/C15H20N2O4/c1-15(2)14(19)17(13(18)10-16-15)8-9-21-12-7-5-4-6-11(12)20-3/h4-7,16H,8-10H2,1-3H3. The van der Waals surface area contributed by atoms with Crippen LogP contribution in [0, 0.1) is 0 Å². The highest BCUT2D eigenvalue weighted by atomic mass is 16.5. The molecule has 0 radical (unpaired) electrons. The van der Waals surface area contributed by atoms with Crippen molar-refractivity contribution in [2.24, 2.45) is 0 Å². The quantitative estimate of drug-likeness (QED) is 0.814. The van der Waals surface area contributed by atoms with E-state index >= 15 is 0 Å². The molecule has 21 heavy (non-hydrogen) atoms. The van der Waals surface area contributed by atoms with Gasteiger partial charge in [-0.25, -0.2) is 0 Å². The van der Waals surface area contributed by atoms with Gasteiger partial charge < -0.3 is 9.47 Å². The Labute approximate surface area is 124 Å². The first-order valence-corrected chi connectivity index (χ1v) is 6.81. The minimum absolute atomic E-state index is 0.160. The fourth-order valence-electron chi connectivity index (χ4n) is 2.13. The summed E-state index contributed by atoms with van der Waals surface area (Å²) >= 11 is 0. The summed E-state index contributed by atoms with van der Waals surface area (Å²) in [6.07, 6.45) is 0. The Morgan fingerprint density at radius 2 is 1.90 bits per heavy atom. The molecular weight excluding hydrogens is 272 g/mol. The van der Waals surface area contributed by atoms with Gasteiger partial charge in [-0.2, -0.15) is 0 Å². The number of carbonyl (C=O) groups excluding carboxylic acids is 2. The second-order valence-corrected chi connectivity index (χ2v) is 5.33. The molecule has 1 N–H and O–H groups in total. The Kier molecular flexibility index (Phi) is 4.47. The van der Waals surface area contributed by atoms with Gasteiger partial charge in [0, 0.05) is 0 Å². The molecule has 1 fully saturated rings. The molecule has 114 valence electrons. The number of piperazine rings is 1. The summed E-state index contributed by atoms with van der Waals surface area (Å²) in [5.74, 6) is 0.746. The van der Waals surface area contributed by atoms with Gasteiger partial charge in [0.2, 0.25) is 11.8 Å². The molecule has 1 aromatic rings.